The van der Waals surface area contributed by atoms with E-state index in [0.29, 0.717) is 19.0 Å². The summed E-state index contributed by atoms with van der Waals surface area (Å²) >= 11 is 0. The first-order valence-corrected chi connectivity index (χ1v) is 4.72. The maximum atomic E-state index is 9.59. The van der Waals surface area contributed by atoms with Crippen molar-refractivity contribution in [1.82, 2.24) is 0 Å². The largest absolute Gasteiger partial charge is 0.507 e. The summed E-state index contributed by atoms with van der Waals surface area (Å²) in [6.07, 6.45) is -0.256. The Labute approximate surface area is 83.3 Å². The van der Waals surface area contributed by atoms with Gasteiger partial charge in [0.05, 0.1) is 13.2 Å². The quantitative estimate of drug-likeness (QED) is 0.743. The van der Waals surface area contributed by atoms with Gasteiger partial charge in [-0.15, -0.1) is 0 Å². The summed E-state index contributed by atoms with van der Waals surface area (Å²) in [4.78, 5) is 0. The molecule has 1 aromatic rings. The summed E-state index contributed by atoms with van der Waals surface area (Å²) in [7, 11) is 0. The zero-order valence-electron chi connectivity index (χ0n) is 8.41. The molecule has 0 aliphatic carbocycles. The molecule has 1 aromatic carbocycles. The van der Waals surface area contributed by atoms with E-state index in [9.17, 15) is 5.11 Å². The molecule has 2 rings (SSSR count). The van der Waals surface area contributed by atoms with Crippen LogP contribution < -0.4 is 0 Å². The number of benzene rings is 1. The van der Waals surface area contributed by atoms with Gasteiger partial charge in [0, 0.05) is 5.56 Å². The van der Waals surface area contributed by atoms with Gasteiger partial charge < -0.3 is 14.6 Å². The average molecular weight is 194 g/mol. The van der Waals surface area contributed by atoms with Crippen molar-refractivity contribution in [3.05, 3.63) is 28.8 Å². The Morgan fingerprint density at radius 1 is 1.14 bits per heavy atom. The first-order chi connectivity index (χ1) is 6.68. The first kappa shape index (κ1) is 9.49. The molecule has 1 N–H and O–H groups in total. The minimum absolute atomic E-state index is 0.256. The zero-order valence-corrected chi connectivity index (χ0v) is 8.41. The Morgan fingerprint density at radius 2 is 1.64 bits per heavy atom. The predicted molar refractivity (Wildman–Crippen MR) is 52.2 cm³/mol. The normalized spacial score (nSPS) is 17.6. The molecule has 0 saturated carbocycles. The fourth-order valence-corrected chi connectivity index (χ4v) is 1.68. The van der Waals surface area contributed by atoms with E-state index in [1.165, 1.54) is 0 Å². The number of hydrogen-bond acceptors (Lipinski definition) is 3. The van der Waals surface area contributed by atoms with Crippen molar-refractivity contribution in [3.8, 4) is 5.75 Å². The van der Waals surface area contributed by atoms with Crippen molar-refractivity contribution in [2.45, 2.75) is 20.1 Å². The van der Waals surface area contributed by atoms with Gasteiger partial charge in [-0.25, -0.2) is 0 Å². The molecule has 1 fully saturated rings. The van der Waals surface area contributed by atoms with Gasteiger partial charge in [0.2, 0.25) is 0 Å². The van der Waals surface area contributed by atoms with Crippen LogP contribution in [0.1, 0.15) is 23.0 Å². The minimum atomic E-state index is -0.256. The van der Waals surface area contributed by atoms with Gasteiger partial charge in [-0.05, 0) is 37.1 Å². The molecule has 1 aliphatic heterocycles. The highest BCUT2D eigenvalue weighted by atomic mass is 16.7. The summed E-state index contributed by atoms with van der Waals surface area (Å²) in [5.41, 5.74) is 2.70. The third-order valence-corrected chi connectivity index (χ3v) is 2.41. The van der Waals surface area contributed by atoms with E-state index in [2.05, 4.69) is 0 Å². The third kappa shape index (κ3) is 1.61. The van der Waals surface area contributed by atoms with Crippen molar-refractivity contribution in [3.63, 3.8) is 0 Å². The molecule has 3 heteroatoms. The van der Waals surface area contributed by atoms with Crippen LogP contribution in [0, 0.1) is 13.8 Å². The van der Waals surface area contributed by atoms with Crippen molar-refractivity contribution >= 4 is 0 Å². The smallest absolute Gasteiger partial charge is 0.184 e. The number of phenols is 1. The molecule has 14 heavy (non-hydrogen) atoms. The highest BCUT2D eigenvalue weighted by Crippen LogP contribution is 2.29. The van der Waals surface area contributed by atoms with Crippen LogP contribution in [-0.2, 0) is 9.47 Å². The molecule has 1 aliphatic rings. The summed E-state index contributed by atoms with van der Waals surface area (Å²) < 4.78 is 10.8. The van der Waals surface area contributed by atoms with Crippen LogP contribution in [0.4, 0.5) is 0 Å². The SMILES string of the molecule is Cc1cc(C2OCCO2)cc(C)c1O. The Balaban J connectivity index is 2.34. The van der Waals surface area contributed by atoms with Gasteiger partial charge in [0.1, 0.15) is 5.75 Å². The fraction of sp³-hybridized carbons (Fsp3) is 0.455. The number of phenolic OH excluding ortho intramolecular Hbond substituents is 1. The Morgan fingerprint density at radius 3 is 2.14 bits per heavy atom. The second kappa shape index (κ2) is 3.59. The molecule has 1 saturated heterocycles. The van der Waals surface area contributed by atoms with E-state index in [1.807, 2.05) is 26.0 Å². The first-order valence-electron chi connectivity index (χ1n) is 4.72. The van der Waals surface area contributed by atoms with Crippen LogP contribution in [0.2, 0.25) is 0 Å². The second-order valence-corrected chi connectivity index (χ2v) is 3.58. The maximum Gasteiger partial charge on any atom is 0.184 e. The Bertz CT molecular complexity index is 317. The zero-order chi connectivity index (χ0) is 10.1. The summed E-state index contributed by atoms with van der Waals surface area (Å²) in [5, 5.41) is 9.59. The van der Waals surface area contributed by atoms with Crippen LogP contribution in [-0.4, -0.2) is 18.3 Å². The highest BCUT2D eigenvalue weighted by Gasteiger charge is 2.19. The lowest BCUT2D eigenvalue weighted by Crippen LogP contribution is -1.99. The number of ether oxygens (including phenoxy) is 2. The number of hydrogen-bond donors (Lipinski definition) is 1. The van der Waals surface area contributed by atoms with E-state index in [1.54, 1.807) is 0 Å². The van der Waals surface area contributed by atoms with Gasteiger partial charge in [0.15, 0.2) is 6.29 Å². The average Bonchev–Trinajstić information content (AvgIpc) is 2.66. The van der Waals surface area contributed by atoms with E-state index < -0.39 is 0 Å². The van der Waals surface area contributed by atoms with E-state index in [-0.39, 0.29) is 6.29 Å². The molecule has 0 spiro atoms. The Hall–Kier alpha value is -1.06. The minimum Gasteiger partial charge on any atom is -0.507 e. The van der Waals surface area contributed by atoms with Crippen molar-refractivity contribution in [1.29, 1.82) is 0 Å². The molecule has 0 amide bonds. The Kier molecular flexibility index (Phi) is 2.44. The fourth-order valence-electron chi connectivity index (χ4n) is 1.68. The predicted octanol–water partition coefficient (Wildman–Crippen LogP) is 2.05. The number of rotatable bonds is 1. The van der Waals surface area contributed by atoms with Crippen molar-refractivity contribution in [2.75, 3.05) is 13.2 Å². The topological polar surface area (TPSA) is 38.7 Å². The van der Waals surface area contributed by atoms with E-state index >= 15 is 0 Å². The van der Waals surface area contributed by atoms with Gasteiger partial charge in [0.25, 0.3) is 0 Å². The lowest BCUT2D eigenvalue weighted by molar-refractivity contribution is -0.0442. The molecule has 3 nitrogen and oxygen atoms in total. The molecule has 76 valence electrons. The van der Waals surface area contributed by atoms with Crippen LogP contribution in [0.25, 0.3) is 0 Å². The van der Waals surface area contributed by atoms with Crippen LogP contribution in [0.3, 0.4) is 0 Å². The monoisotopic (exact) mass is 194 g/mol. The van der Waals surface area contributed by atoms with Crippen molar-refractivity contribution < 1.29 is 14.6 Å². The molecule has 0 atom stereocenters. The number of aryl methyl sites for hydroxylation is 2. The lowest BCUT2D eigenvalue weighted by atomic mass is 10.1. The summed E-state index contributed by atoms with van der Waals surface area (Å²) in [6.45, 7) is 5.04. The standard InChI is InChI=1S/C11H14O3/c1-7-5-9(6-8(2)10(7)12)11-13-3-4-14-11/h5-6,11-12H,3-4H2,1-2H3. The molecular formula is C11H14O3. The lowest BCUT2D eigenvalue weighted by Gasteiger charge is -2.12. The van der Waals surface area contributed by atoms with Gasteiger partial charge >= 0.3 is 0 Å². The molecular weight excluding hydrogens is 180 g/mol. The van der Waals surface area contributed by atoms with E-state index in [0.717, 1.165) is 16.7 Å². The maximum absolute atomic E-state index is 9.59. The van der Waals surface area contributed by atoms with Crippen molar-refractivity contribution in [2.24, 2.45) is 0 Å². The second-order valence-electron chi connectivity index (χ2n) is 3.58. The molecule has 1 heterocycles. The summed E-state index contributed by atoms with van der Waals surface area (Å²) in [5.74, 6) is 0.353. The molecule has 0 radical (unpaired) electrons. The third-order valence-electron chi connectivity index (χ3n) is 2.41. The van der Waals surface area contributed by atoms with Crippen LogP contribution in [0.15, 0.2) is 12.1 Å². The number of aromatic hydroxyl groups is 1. The molecule has 0 aromatic heterocycles. The van der Waals surface area contributed by atoms with Gasteiger partial charge in [-0.1, -0.05) is 0 Å². The molecule has 0 bridgehead atoms. The van der Waals surface area contributed by atoms with Gasteiger partial charge in [-0.2, -0.15) is 0 Å². The van der Waals surface area contributed by atoms with Gasteiger partial charge in [-0.3, -0.25) is 0 Å². The van der Waals surface area contributed by atoms with E-state index in [4.69, 9.17) is 9.47 Å². The van der Waals surface area contributed by atoms with Crippen LogP contribution >= 0.6 is 0 Å². The summed E-state index contributed by atoms with van der Waals surface area (Å²) in [6, 6.07) is 3.80. The molecule has 0 unspecified atom stereocenters. The highest BCUT2D eigenvalue weighted by molar-refractivity contribution is 5.42. The van der Waals surface area contributed by atoms with Crippen LogP contribution in [0.5, 0.6) is 5.75 Å².